The van der Waals surface area contributed by atoms with Gasteiger partial charge in [0, 0.05) is 6.20 Å². The summed E-state index contributed by atoms with van der Waals surface area (Å²) in [5, 5.41) is 0. The van der Waals surface area contributed by atoms with Crippen LogP contribution in [0.25, 0.3) is 0 Å². The first-order valence-corrected chi connectivity index (χ1v) is 5.82. The molecule has 2 rings (SSSR count). The van der Waals surface area contributed by atoms with Crippen molar-refractivity contribution in [1.29, 1.82) is 0 Å². The lowest BCUT2D eigenvalue weighted by atomic mass is 10.1. The summed E-state index contributed by atoms with van der Waals surface area (Å²) in [5.41, 5.74) is 2.47. The molecule has 2 aromatic rings. The zero-order valence-corrected chi connectivity index (χ0v) is 10.8. The third kappa shape index (κ3) is 2.42. The maximum absolute atomic E-state index is 5.69. The van der Waals surface area contributed by atoms with E-state index in [4.69, 9.17) is 4.74 Å². The number of nitrogens with zero attached hydrogens (tertiary/aromatic N) is 1. The fourth-order valence-electron chi connectivity index (χ4n) is 1.34. The number of hydrogen-bond acceptors (Lipinski definition) is 2. The Morgan fingerprint density at radius 2 is 1.94 bits per heavy atom. The molecule has 0 radical (unpaired) electrons. The van der Waals surface area contributed by atoms with Crippen molar-refractivity contribution in [2.75, 3.05) is 0 Å². The van der Waals surface area contributed by atoms with Crippen LogP contribution in [0, 0.1) is 13.8 Å². The summed E-state index contributed by atoms with van der Waals surface area (Å²) in [6, 6.07) is 9.77. The number of ether oxygens (including phenoxy) is 1. The second-order valence-electron chi connectivity index (χ2n) is 3.64. The largest absolute Gasteiger partial charge is 0.438 e. The SMILES string of the molecule is Cc1ccc(Oc2ncccc2Br)cc1C. The minimum absolute atomic E-state index is 0.589. The van der Waals surface area contributed by atoms with Crippen LogP contribution in [0.4, 0.5) is 0 Å². The molecule has 0 aliphatic rings. The average molecular weight is 278 g/mol. The summed E-state index contributed by atoms with van der Waals surface area (Å²) in [5.74, 6) is 1.40. The summed E-state index contributed by atoms with van der Waals surface area (Å²) in [7, 11) is 0. The van der Waals surface area contributed by atoms with E-state index in [0.29, 0.717) is 5.88 Å². The van der Waals surface area contributed by atoms with Gasteiger partial charge in [-0.05, 0) is 65.2 Å². The average Bonchev–Trinajstić information content (AvgIpc) is 2.27. The minimum atomic E-state index is 0.589. The topological polar surface area (TPSA) is 22.1 Å². The van der Waals surface area contributed by atoms with Crippen LogP contribution in [0.1, 0.15) is 11.1 Å². The summed E-state index contributed by atoms with van der Waals surface area (Å²) in [4.78, 5) is 4.16. The number of pyridine rings is 1. The van der Waals surface area contributed by atoms with Gasteiger partial charge in [0.1, 0.15) is 5.75 Å². The van der Waals surface area contributed by atoms with Gasteiger partial charge < -0.3 is 4.74 Å². The molecule has 82 valence electrons. The number of benzene rings is 1. The Morgan fingerprint density at radius 1 is 1.12 bits per heavy atom. The van der Waals surface area contributed by atoms with E-state index in [1.807, 2.05) is 30.3 Å². The number of hydrogen-bond donors (Lipinski definition) is 0. The molecule has 1 aromatic heterocycles. The Kier molecular flexibility index (Phi) is 3.25. The number of aryl methyl sites for hydroxylation is 2. The van der Waals surface area contributed by atoms with Crippen LogP contribution < -0.4 is 4.74 Å². The van der Waals surface area contributed by atoms with Gasteiger partial charge in [0.25, 0.3) is 0 Å². The van der Waals surface area contributed by atoms with Crippen molar-refractivity contribution < 1.29 is 4.74 Å². The summed E-state index contributed by atoms with van der Waals surface area (Å²) >= 11 is 3.40. The highest BCUT2D eigenvalue weighted by Crippen LogP contribution is 2.27. The van der Waals surface area contributed by atoms with Gasteiger partial charge in [0.05, 0.1) is 4.47 Å². The zero-order valence-electron chi connectivity index (χ0n) is 9.20. The molecule has 3 heteroatoms. The van der Waals surface area contributed by atoms with E-state index in [0.717, 1.165) is 10.2 Å². The highest BCUT2D eigenvalue weighted by atomic mass is 79.9. The number of rotatable bonds is 2. The van der Waals surface area contributed by atoms with Crippen molar-refractivity contribution in [1.82, 2.24) is 4.98 Å². The lowest BCUT2D eigenvalue weighted by Crippen LogP contribution is -1.90. The molecule has 1 heterocycles. The molecule has 0 bridgehead atoms. The van der Waals surface area contributed by atoms with Crippen molar-refractivity contribution in [3.63, 3.8) is 0 Å². The van der Waals surface area contributed by atoms with Crippen LogP contribution in [-0.2, 0) is 0 Å². The molecule has 0 aliphatic heterocycles. The van der Waals surface area contributed by atoms with E-state index in [-0.39, 0.29) is 0 Å². The Labute approximate surface area is 103 Å². The Bertz CT molecular complexity index is 511. The lowest BCUT2D eigenvalue weighted by molar-refractivity contribution is 0.459. The molecule has 0 spiro atoms. The molecule has 0 fully saturated rings. The molecular formula is C13H12BrNO. The van der Waals surface area contributed by atoms with Gasteiger partial charge in [-0.15, -0.1) is 0 Å². The van der Waals surface area contributed by atoms with Crippen LogP contribution in [0.5, 0.6) is 11.6 Å². The van der Waals surface area contributed by atoms with Gasteiger partial charge >= 0.3 is 0 Å². The van der Waals surface area contributed by atoms with Crippen molar-refractivity contribution in [3.8, 4) is 11.6 Å². The third-order valence-corrected chi connectivity index (χ3v) is 3.02. The van der Waals surface area contributed by atoms with Gasteiger partial charge in [0.2, 0.25) is 5.88 Å². The highest BCUT2D eigenvalue weighted by molar-refractivity contribution is 9.10. The second kappa shape index (κ2) is 4.66. The predicted octanol–water partition coefficient (Wildman–Crippen LogP) is 4.25. The molecule has 0 N–H and O–H groups in total. The van der Waals surface area contributed by atoms with Crippen LogP contribution in [0.2, 0.25) is 0 Å². The Morgan fingerprint density at radius 3 is 2.62 bits per heavy atom. The summed E-state index contributed by atoms with van der Waals surface area (Å²) in [6.07, 6.45) is 1.71. The van der Waals surface area contributed by atoms with E-state index in [9.17, 15) is 0 Å². The molecule has 2 nitrogen and oxygen atoms in total. The van der Waals surface area contributed by atoms with E-state index in [1.54, 1.807) is 6.20 Å². The highest BCUT2D eigenvalue weighted by Gasteiger charge is 2.03. The Hall–Kier alpha value is -1.35. The zero-order chi connectivity index (χ0) is 11.5. The van der Waals surface area contributed by atoms with E-state index in [2.05, 4.69) is 34.8 Å². The number of halogens is 1. The smallest absolute Gasteiger partial charge is 0.233 e. The van der Waals surface area contributed by atoms with E-state index in [1.165, 1.54) is 11.1 Å². The van der Waals surface area contributed by atoms with E-state index >= 15 is 0 Å². The predicted molar refractivity (Wildman–Crippen MR) is 67.9 cm³/mol. The van der Waals surface area contributed by atoms with Crippen molar-refractivity contribution in [2.45, 2.75) is 13.8 Å². The lowest BCUT2D eigenvalue weighted by Gasteiger charge is -2.07. The molecule has 1 aromatic carbocycles. The maximum atomic E-state index is 5.69. The summed E-state index contributed by atoms with van der Waals surface area (Å²) < 4.78 is 6.54. The molecule has 0 saturated carbocycles. The molecule has 0 amide bonds. The van der Waals surface area contributed by atoms with E-state index < -0.39 is 0 Å². The molecular weight excluding hydrogens is 266 g/mol. The maximum Gasteiger partial charge on any atom is 0.233 e. The third-order valence-electron chi connectivity index (χ3n) is 2.42. The standard InChI is InChI=1S/C13H12BrNO/c1-9-5-6-11(8-10(9)2)16-13-12(14)4-3-7-15-13/h3-8H,1-2H3. The minimum Gasteiger partial charge on any atom is -0.438 e. The van der Waals surface area contributed by atoms with Gasteiger partial charge in [-0.3, -0.25) is 0 Å². The quantitative estimate of drug-likeness (QED) is 0.819. The van der Waals surface area contributed by atoms with Crippen LogP contribution in [0.3, 0.4) is 0 Å². The second-order valence-corrected chi connectivity index (χ2v) is 4.49. The first-order chi connectivity index (χ1) is 7.66. The first kappa shape index (κ1) is 11.1. The van der Waals surface area contributed by atoms with Crippen molar-refractivity contribution in [3.05, 3.63) is 52.1 Å². The van der Waals surface area contributed by atoms with Gasteiger partial charge in [-0.25, -0.2) is 4.98 Å². The van der Waals surface area contributed by atoms with Gasteiger partial charge in [-0.1, -0.05) is 6.07 Å². The van der Waals surface area contributed by atoms with Crippen molar-refractivity contribution >= 4 is 15.9 Å². The van der Waals surface area contributed by atoms with Gasteiger partial charge in [0.15, 0.2) is 0 Å². The van der Waals surface area contributed by atoms with Crippen molar-refractivity contribution in [2.24, 2.45) is 0 Å². The van der Waals surface area contributed by atoms with Gasteiger partial charge in [-0.2, -0.15) is 0 Å². The Balaban J connectivity index is 2.28. The normalized spacial score (nSPS) is 10.2. The first-order valence-electron chi connectivity index (χ1n) is 5.02. The fourth-order valence-corrected chi connectivity index (χ4v) is 1.67. The molecule has 0 atom stereocenters. The number of aromatic nitrogens is 1. The van der Waals surface area contributed by atoms with Crippen LogP contribution in [-0.4, -0.2) is 4.98 Å². The van der Waals surface area contributed by atoms with Crippen LogP contribution >= 0.6 is 15.9 Å². The molecule has 0 unspecified atom stereocenters. The molecule has 0 saturated heterocycles. The summed E-state index contributed by atoms with van der Waals surface area (Å²) in [6.45, 7) is 4.14. The van der Waals surface area contributed by atoms with Crippen LogP contribution in [0.15, 0.2) is 41.0 Å². The monoisotopic (exact) mass is 277 g/mol. The molecule has 16 heavy (non-hydrogen) atoms. The fraction of sp³-hybridized carbons (Fsp3) is 0.154. The molecule has 0 aliphatic carbocycles.